The summed E-state index contributed by atoms with van der Waals surface area (Å²) in [7, 11) is 0. The van der Waals surface area contributed by atoms with Crippen molar-refractivity contribution in [3.05, 3.63) is 104 Å². The van der Waals surface area contributed by atoms with Gasteiger partial charge in [-0.3, -0.25) is 9.47 Å². The molecule has 4 aromatic rings. The summed E-state index contributed by atoms with van der Waals surface area (Å²) in [6.07, 6.45) is 5.72. The number of amides is 1. The number of carbonyl (C=O) groups excluding carboxylic acids is 1. The van der Waals surface area contributed by atoms with Crippen molar-refractivity contribution in [2.45, 2.75) is 19.5 Å². The molecule has 2 aromatic heterocycles. The average molecular weight is 552 g/mol. The summed E-state index contributed by atoms with van der Waals surface area (Å²) in [5.74, 6) is -1.16. The second-order valence-electron chi connectivity index (χ2n) is 8.93. The van der Waals surface area contributed by atoms with E-state index in [1.54, 1.807) is 28.8 Å². The quantitative estimate of drug-likeness (QED) is 0.294. The van der Waals surface area contributed by atoms with Crippen LogP contribution in [-0.2, 0) is 19.5 Å². The van der Waals surface area contributed by atoms with E-state index in [1.807, 2.05) is 18.2 Å². The lowest BCUT2D eigenvalue weighted by atomic mass is 10.0. The molecule has 0 aliphatic carbocycles. The Balaban J connectivity index is 1.38. The summed E-state index contributed by atoms with van der Waals surface area (Å²) < 4.78 is 29.0. The molecule has 0 fully saturated rings. The van der Waals surface area contributed by atoms with Crippen LogP contribution in [0, 0.1) is 23.1 Å². The maximum atomic E-state index is 13.9. The topological polar surface area (TPSA) is 74.0 Å². The number of nitriles is 1. The molecule has 5 rings (SSSR count). The first-order valence-corrected chi connectivity index (χ1v) is 12.6. The number of nitrogens with zero attached hydrogens (tertiary/aromatic N) is 4. The van der Waals surface area contributed by atoms with Crippen LogP contribution in [0.25, 0.3) is 17.0 Å². The van der Waals surface area contributed by atoms with E-state index >= 15 is 0 Å². The Hall–Kier alpha value is -3.77. The van der Waals surface area contributed by atoms with E-state index in [-0.39, 0.29) is 18.1 Å². The Morgan fingerprint density at radius 2 is 1.97 bits per heavy atom. The number of fused-ring (bicyclic) bond motifs is 3. The zero-order valence-electron chi connectivity index (χ0n) is 20.0. The monoisotopic (exact) mass is 551 g/mol. The minimum Gasteiger partial charge on any atom is -0.333 e. The average Bonchev–Trinajstić information content (AvgIpc) is 3.20. The van der Waals surface area contributed by atoms with Crippen LogP contribution < -0.4 is 5.32 Å². The number of pyridine rings is 1. The third-order valence-corrected chi connectivity index (χ3v) is 7.22. The van der Waals surface area contributed by atoms with Crippen molar-refractivity contribution in [2.75, 3.05) is 13.1 Å². The van der Waals surface area contributed by atoms with Crippen LogP contribution in [0.5, 0.6) is 0 Å². The summed E-state index contributed by atoms with van der Waals surface area (Å²) in [4.78, 5) is 19.1. The summed E-state index contributed by atoms with van der Waals surface area (Å²) >= 11 is 12.7. The molecule has 0 saturated carbocycles. The van der Waals surface area contributed by atoms with E-state index < -0.39 is 11.8 Å². The van der Waals surface area contributed by atoms with Gasteiger partial charge < -0.3 is 5.32 Å². The van der Waals surface area contributed by atoms with Gasteiger partial charge in [0.2, 0.25) is 5.95 Å². The highest BCUT2D eigenvalue weighted by Gasteiger charge is 2.27. The summed E-state index contributed by atoms with van der Waals surface area (Å²) in [5.41, 5.74) is 3.77. The number of rotatable bonds is 5. The van der Waals surface area contributed by atoms with Gasteiger partial charge in [0.05, 0.1) is 21.1 Å². The van der Waals surface area contributed by atoms with E-state index in [0.717, 1.165) is 16.6 Å². The van der Waals surface area contributed by atoms with E-state index in [9.17, 15) is 13.6 Å². The minimum atomic E-state index is -0.611. The van der Waals surface area contributed by atoms with Gasteiger partial charge in [-0.15, -0.1) is 0 Å². The molecule has 6 nitrogen and oxygen atoms in total. The Morgan fingerprint density at radius 1 is 1.16 bits per heavy atom. The molecule has 1 aliphatic heterocycles. The fraction of sp³-hybridized carbons (Fsp3) is 0.179. The molecule has 10 heteroatoms. The van der Waals surface area contributed by atoms with Gasteiger partial charge >= 0.3 is 6.03 Å². The van der Waals surface area contributed by atoms with Crippen molar-refractivity contribution in [1.29, 1.82) is 5.26 Å². The molecule has 38 heavy (non-hydrogen) atoms. The molecule has 3 heterocycles. The Bertz CT molecular complexity index is 1630. The molecule has 1 amide bonds. The lowest BCUT2D eigenvalue weighted by Gasteiger charge is -2.27. The van der Waals surface area contributed by atoms with Crippen LogP contribution >= 0.6 is 23.2 Å². The van der Waals surface area contributed by atoms with Gasteiger partial charge in [0, 0.05) is 49.9 Å². The van der Waals surface area contributed by atoms with E-state index in [1.165, 1.54) is 24.4 Å². The standard InChI is InChI=1S/C28H21Cl2F2N5O/c29-22-12-20-21-16-36(8-1-2-17-3-4-19(14-33)24(31)10-17)9-6-25(21)37(26(20)13-23(22)30)28(38)35-15-18-5-7-34-27(32)11-18/h1-5,7,10-13H,6,8-9,15-16H2,(H,35,38). The van der Waals surface area contributed by atoms with Crippen molar-refractivity contribution >= 4 is 46.2 Å². The molecule has 0 radical (unpaired) electrons. The maximum Gasteiger partial charge on any atom is 0.326 e. The number of carbonyl (C=O) groups is 1. The largest absolute Gasteiger partial charge is 0.333 e. The molecular weight excluding hydrogens is 531 g/mol. The molecule has 0 bridgehead atoms. The number of aromatic nitrogens is 2. The molecule has 192 valence electrons. The molecule has 2 aromatic carbocycles. The predicted octanol–water partition coefficient (Wildman–Crippen LogP) is 6.32. The van der Waals surface area contributed by atoms with Gasteiger partial charge in [0.1, 0.15) is 11.9 Å². The number of hydrogen-bond acceptors (Lipinski definition) is 4. The lowest BCUT2D eigenvalue weighted by Crippen LogP contribution is -2.34. The molecule has 0 saturated heterocycles. The Kier molecular flexibility index (Phi) is 7.43. The third-order valence-electron chi connectivity index (χ3n) is 6.49. The van der Waals surface area contributed by atoms with Crippen LogP contribution in [0.3, 0.4) is 0 Å². The Morgan fingerprint density at radius 3 is 2.74 bits per heavy atom. The first kappa shape index (κ1) is 25.9. The van der Waals surface area contributed by atoms with Gasteiger partial charge in [0.15, 0.2) is 0 Å². The summed E-state index contributed by atoms with van der Waals surface area (Å²) in [6.45, 7) is 2.02. The van der Waals surface area contributed by atoms with Gasteiger partial charge in [-0.2, -0.15) is 9.65 Å². The molecule has 1 aliphatic rings. The zero-order chi connectivity index (χ0) is 26.8. The zero-order valence-corrected chi connectivity index (χ0v) is 21.5. The molecule has 1 N–H and O–H groups in total. The highest BCUT2D eigenvalue weighted by atomic mass is 35.5. The van der Waals surface area contributed by atoms with Crippen molar-refractivity contribution < 1.29 is 13.6 Å². The van der Waals surface area contributed by atoms with Crippen molar-refractivity contribution in [1.82, 2.24) is 19.8 Å². The first-order valence-electron chi connectivity index (χ1n) is 11.8. The Labute approximate surface area is 227 Å². The predicted molar refractivity (Wildman–Crippen MR) is 143 cm³/mol. The summed E-state index contributed by atoms with van der Waals surface area (Å²) in [5, 5.41) is 13.3. The van der Waals surface area contributed by atoms with Crippen LogP contribution in [0.4, 0.5) is 13.6 Å². The third kappa shape index (κ3) is 5.27. The number of benzene rings is 2. The van der Waals surface area contributed by atoms with Gasteiger partial charge in [-0.1, -0.05) is 41.4 Å². The lowest BCUT2D eigenvalue weighted by molar-refractivity contribution is 0.240. The molecule has 0 unspecified atom stereocenters. The van der Waals surface area contributed by atoms with Gasteiger partial charge in [0.25, 0.3) is 0 Å². The van der Waals surface area contributed by atoms with Crippen molar-refractivity contribution in [3.63, 3.8) is 0 Å². The van der Waals surface area contributed by atoms with Crippen molar-refractivity contribution in [2.24, 2.45) is 0 Å². The molecular formula is C28H21Cl2F2N5O. The number of halogens is 4. The van der Waals surface area contributed by atoms with Crippen LogP contribution in [0.2, 0.25) is 10.0 Å². The fourth-order valence-electron chi connectivity index (χ4n) is 4.67. The maximum absolute atomic E-state index is 13.9. The second-order valence-corrected chi connectivity index (χ2v) is 9.74. The highest BCUT2D eigenvalue weighted by molar-refractivity contribution is 6.42. The second kappa shape index (κ2) is 10.9. The summed E-state index contributed by atoms with van der Waals surface area (Å²) in [6, 6.07) is 12.3. The van der Waals surface area contributed by atoms with Crippen molar-refractivity contribution in [3.8, 4) is 6.07 Å². The van der Waals surface area contributed by atoms with E-state index in [0.29, 0.717) is 52.7 Å². The number of hydrogen-bond donors (Lipinski definition) is 1. The fourth-order valence-corrected chi connectivity index (χ4v) is 4.99. The number of nitrogens with one attached hydrogen (secondary N) is 1. The van der Waals surface area contributed by atoms with Crippen LogP contribution in [0.15, 0.2) is 54.7 Å². The van der Waals surface area contributed by atoms with Gasteiger partial charge in [-0.25, -0.2) is 14.2 Å². The first-order chi connectivity index (χ1) is 18.3. The molecule has 0 spiro atoms. The van der Waals surface area contributed by atoms with Crippen LogP contribution in [0.1, 0.15) is 27.9 Å². The normalized spacial score (nSPS) is 13.6. The van der Waals surface area contributed by atoms with Crippen LogP contribution in [-0.4, -0.2) is 33.6 Å². The smallest absolute Gasteiger partial charge is 0.326 e. The highest BCUT2D eigenvalue weighted by Crippen LogP contribution is 2.36. The van der Waals surface area contributed by atoms with E-state index in [2.05, 4.69) is 15.2 Å². The SMILES string of the molecule is N#Cc1ccc(C=CCN2CCc3c(c4cc(Cl)c(Cl)cc4n3C(=O)NCc3ccnc(F)c3)C2)cc1F. The van der Waals surface area contributed by atoms with Gasteiger partial charge in [-0.05, 0) is 53.1 Å². The molecule has 0 atom stereocenters. The van der Waals surface area contributed by atoms with E-state index in [4.69, 9.17) is 28.5 Å². The minimum absolute atomic E-state index is 0.0119.